The van der Waals surface area contributed by atoms with E-state index in [2.05, 4.69) is 0 Å². The van der Waals surface area contributed by atoms with E-state index in [1.54, 1.807) is 6.92 Å². The molecule has 2 unspecified atom stereocenters. The third-order valence-corrected chi connectivity index (χ3v) is 5.36. The van der Waals surface area contributed by atoms with Crippen LogP contribution in [0.5, 0.6) is 0 Å². The molecule has 0 bridgehead atoms. The van der Waals surface area contributed by atoms with Crippen LogP contribution >= 0.6 is 0 Å². The first-order valence-corrected chi connectivity index (χ1v) is 7.83. The average molecular weight is 264 g/mol. The molecule has 0 aromatic heterocycles. The van der Waals surface area contributed by atoms with Crippen LogP contribution in [-0.4, -0.2) is 50.3 Å². The molecule has 1 rings (SSSR count). The number of rotatable bonds is 6. The Labute approximate surface area is 104 Å². The maximum absolute atomic E-state index is 12.1. The highest BCUT2D eigenvalue weighted by atomic mass is 32.2. The van der Waals surface area contributed by atoms with E-state index < -0.39 is 15.3 Å². The fraction of sp³-hybridized carbons (Fsp3) is 1.00. The van der Waals surface area contributed by atoms with Gasteiger partial charge < -0.3 is 10.5 Å². The van der Waals surface area contributed by atoms with Crippen LogP contribution in [0.2, 0.25) is 0 Å². The highest BCUT2D eigenvalue weighted by Crippen LogP contribution is 2.19. The molecule has 0 amide bonds. The predicted molar refractivity (Wildman–Crippen MR) is 68.3 cm³/mol. The maximum Gasteiger partial charge on any atom is 0.218 e. The van der Waals surface area contributed by atoms with Gasteiger partial charge in [-0.15, -0.1) is 0 Å². The summed E-state index contributed by atoms with van der Waals surface area (Å²) in [5.41, 5.74) is 5.44. The normalized spacial score (nSPS) is 24.8. The van der Waals surface area contributed by atoms with E-state index in [0.717, 1.165) is 19.3 Å². The van der Waals surface area contributed by atoms with E-state index >= 15 is 0 Å². The fourth-order valence-electron chi connectivity index (χ4n) is 1.93. The lowest BCUT2D eigenvalue weighted by Crippen LogP contribution is -2.47. The highest BCUT2D eigenvalue weighted by Gasteiger charge is 2.32. The van der Waals surface area contributed by atoms with Gasteiger partial charge in [-0.3, -0.25) is 0 Å². The van der Waals surface area contributed by atoms with E-state index in [0.29, 0.717) is 19.7 Å². The Morgan fingerprint density at radius 1 is 1.53 bits per heavy atom. The van der Waals surface area contributed by atoms with Gasteiger partial charge in [0.2, 0.25) is 10.0 Å². The van der Waals surface area contributed by atoms with Gasteiger partial charge in [0.05, 0.1) is 11.4 Å². The number of nitrogens with two attached hydrogens (primary N) is 1. The molecule has 1 heterocycles. The van der Waals surface area contributed by atoms with E-state index in [4.69, 9.17) is 10.5 Å². The smallest absolute Gasteiger partial charge is 0.218 e. The summed E-state index contributed by atoms with van der Waals surface area (Å²) in [5.74, 6) is 0. The lowest BCUT2D eigenvalue weighted by molar-refractivity contribution is 0.0192. The molecular weight excluding hydrogens is 240 g/mol. The predicted octanol–water partition coefficient (Wildman–Crippen LogP) is 0.554. The lowest BCUT2D eigenvalue weighted by atomic mass is 10.1. The van der Waals surface area contributed by atoms with E-state index in [-0.39, 0.29) is 12.6 Å². The molecular formula is C11H24N2O3S. The fourth-order valence-corrected chi connectivity index (χ4v) is 3.44. The van der Waals surface area contributed by atoms with Crippen LogP contribution < -0.4 is 5.73 Å². The Morgan fingerprint density at radius 3 is 2.82 bits per heavy atom. The molecule has 1 aliphatic rings. The third-order valence-electron chi connectivity index (χ3n) is 3.10. The van der Waals surface area contributed by atoms with E-state index in [1.807, 2.05) is 6.92 Å². The Morgan fingerprint density at radius 2 is 2.24 bits per heavy atom. The molecule has 2 atom stereocenters. The number of ether oxygens (including phenoxy) is 1. The molecule has 0 aliphatic carbocycles. The van der Waals surface area contributed by atoms with Gasteiger partial charge in [0.1, 0.15) is 0 Å². The summed E-state index contributed by atoms with van der Waals surface area (Å²) in [7, 11) is -3.24. The molecule has 1 aliphatic heterocycles. The molecule has 17 heavy (non-hydrogen) atoms. The van der Waals surface area contributed by atoms with Crippen molar-refractivity contribution < 1.29 is 13.2 Å². The molecule has 0 aromatic carbocycles. The van der Waals surface area contributed by atoms with Crippen molar-refractivity contribution in [2.45, 2.75) is 44.5 Å². The first kappa shape index (κ1) is 14.9. The van der Waals surface area contributed by atoms with Crippen molar-refractivity contribution >= 4 is 10.0 Å². The van der Waals surface area contributed by atoms with Crippen molar-refractivity contribution in [2.75, 3.05) is 26.2 Å². The van der Waals surface area contributed by atoms with Crippen LogP contribution in [-0.2, 0) is 14.8 Å². The van der Waals surface area contributed by atoms with Gasteiger partial charge in [-0.05, 0) is 26.2 Å². The van der Waals surface area contributed by atoms with Crippen molar-refractivity contribution in [3.05, 3.63) is 0 Å². The van der Waals surface area contributed by atoms with Gasteiger partial charge in [-0.1, -0.05) is 6.92 Å². The zero-order valence-corrected chi connectivity index (χ0v) is 11.6. The second kappa shape index (κ2) is 6.68. The van der Waals surface area contributed by atoms with Crippen molar-refractivity contribution in [3.63, 3.8) is 0 Å². The van der Waals surface area contributed by atoms with Crippen LogP contribution in [0.15, 0.2) is 0 Å². The first-order chi connectivity index (χ1) is 8.02. The minimum absolute atomic E-state index is 0.0449. The van der Waals surface area contributed by atoms with E-state index in [1.165, 1.54) is 4.31 Å². The molecule has 2 N–H and O–H groups in total. The number of sulfonamides is 1. The highest BCUT2D eigenvalue weighted by molar-refractivity contribution is 7.89. The lowest BCUT2D eigenvalue weighted by Gasteiger charge is -2.33. The summed E-state index contributed by atoms with van der Waals surface area (Å²) in [4.78, 5) is 0. The minimum atomic E-state index is -3.24. The molecule has 0 saturated carbocycles. The monoisotopic (exact) mass is 264 g/mol. The summed E-state index contributed by atoms with van der Waals surface area (Å²) in [5, 5.41) is -0.507. The molecule has 1 saturated heterocycles. The van der Waals surface area contributed by atoms with Gasteiger partial charge >= 0.3 is 0 Å². The van der Waals surface area contributed by atoms with Crippen molar-refractivity contribution in [3.8, 4) is 0 Å². The summed E-state index contributed by atoms with van der Waals surface area (Å²) in [6.07, 6.45) is 2.82. The van der Waals surface area contributed by atoms with Crippen LogP contribution in [0.4, 0.5) is 0 Å². The van der Waals surface area contributed by atoms with Crippen molar-refractivity contribution in [1.29, 1.82) is 0 Å². The van der Waals surface area contributed by atoms with Gasteiger partial charge in [0.15, 0.2) is 0 Å². The summed E-state index contributed by atoms with van der Waals surface area (Å²) in [6, 6.07) is 0. The largest absolute Gasteiger partial charge is 0.377 e. The molecule has 0 radical (unpaired) electrons. The van der Waals surface area contributed by atoms with E-state index in [9.17, 15) is 8.42 Å². The average Bonchev–Trinajstić information content (AvgIpc) is 2.35. The van der Waals surface area contributed by atoms with Crippen LogP contribution in [0.1, 0.15) is 33.1 Å². The summed E-state index contributed by atoms with van der Waals surface area (Å²) < 4.78 is 31.4. The Hall–Kier alpha value is -0.170. The second-order valence-electron chi connectivity index (χ2n) is 4.58. The number of piperidine rings is 1. The molecule has 102 valence electrons. The molecule has 1 fully saturated rings. The summed E-state index contributed by atoms with van der Waals surface area (Å²) >= 11 is 0. The van der Waals surface area contributed by atoms with Gasteiger partial charge in [-0.2, -0.15) is 4.31 Å². The van der Waals surface area contributed by atoms with Gasteiger partial charge in [0.25, 0.3) is 0 Å². The number of hydrogen-bond donors (Lipinski definition) is 1. The minimum Gasteiger partial charge on any atom is -0.377 e. The van der Waals surface area contributed by atoms with Crippen molar-refractivity contribution in [1.82, 2.24) is 4.31 Å². The van der Waals surface area contributed by atoms with Crippen molar-refractivity contribution in [2.24, 2.45) is 5.73 Å². The topological polar surface area (TPSA) is 72.6 Å². The first-order valence-electron chi connectivity index (χ1n) is 6.33. The standard InChI is InChI=1S/C11H24N2O3S/c1-3-7-16-11-5-4-6-13(9-11)17(14,15)10(2)8-12/h10-11H,3-9,12H2,1-2H3. The zero-order chi connectivity index (χ0) is 12.9. The van der Waals surface area contributed by atoms with Gasteiger partial charge in [0, 0.05) is 26.2 Å². The Kier molecular flexibility index (Phi) is 5.85. The quantitative estimate of drug-likeness (QED) is 0.760. The summed E-state index contributed by atoms with van der Waals surface area (Å²) in [6.45, 7) is 5.65. The molecule has 0 spiro atoms. The van der Waals surface area contributed by atoms with Crippen LogP contribution in [0.25, 0.3) is 0 Å². The number of hydrogen-bond acceptors (Lipinski definition) is 4. The Bertz CT molecular complexity index is 319. The second-order valence-corrected chi connectivity index (χ2v) is 6.94. The molecule has 5 nitrogen and oxygen atoms in total. The van der Waals surface area contributed by atoms with Crippen LogP contribution in [0.3, 0.4) is 0 Å². The molecule has 6 heteroatoms. The third kappa shape index (κ3) is 3.91. The maximum atomic E-state index is 12.1. The van der Waals surface area contributed by atoms with Crippen LogP contribution in [0, 0.1) is 0 Å². The number of nitrogens with zero attached hydrogens (tertiary/aromatic N) is 1. The molecule has 0 aromatic rings. The zero-order valence-electron chi connectivity index (χ0n) is 10.8. The van der Waals surface area contributed by atoms with Gasteiger partial charge in [-0.25, -0.2) is 8.42 Å². The Balaban J connectivity index is 2.60. The SMILES string of the molecule is CCCOC1CCCN(S(=O)(=O)C(C)CN)C1.